The Balaban J connectivity index is 2.00. The Kier molecular flexibility index (Phi) is 3.34. The molecule has 2 rings (SSSR count). The van der Waals surface area contributed by atoms with E-state index in [0.29, 0.717) is 17.1 Å². The minimum absolute atomic E-state index is 0.118. The molecule has 4 nitrogen and oxygen atoms in total. The van der Waals surface area contributed by atoms with Crippen LogP contribution in [-0.2, 0) is 10.0 Å². The zero-order valence-electron chi connectivity index (χ0n) is 8.85. The Labute approximate surface area is 99.4 Å². The molecule has 0 bridgehead atoms. The van der Waals surface area contributed by atoms with Crippen LogP contribution in [0.4, 0.5) is 0 Å². The van der Waals surface area contributed by atoms with E-state index in [1.54, 1.807) is 17.5 Å². The number of sulfonamides is 1. The van der Waals surface area contributed by atoms with E-state index in [0.717, 1.165) is 12.8 Å². The fourth-order valence-corrected chi connectivity index (χ4v) is 4.08. The number of thiophene rings is 1. The molecule has 0 radical (unpaired) electrons. The predicted molar refractivity (Wildman–Crippen MR) is 62.9 cm³/mol. The lowest BCUT2D eigenvalue weighted by atomic mass is 10.0. The largest absolute Gasteiger partial charge is 0.389 e. The van der Waals surface area contributed by atoms with Crippen molar-refractivity contribution >= 4 is 21.4 Å². The quantitative estimate of drug-likeness (QED) is 0.859. The van der Waals surface area contributed by atoms with Crippen LogP contribution >= 0.6 is 11.3 Å². The van der Waals surface area contributed by atoms with Crippen molar-refractivity contribution in [3.05, 3.63) is 17.5 Å². The molecule has 0 aromatic carbocycles. The summed E-state index contributed by atoms with van der Waals surface area (Å²) < 4.78 is 26.3. The summed E-state index contributed by atoms with van der Waals surface area (Å²) in [4.78, 5) is 0. The highest BCUT2D eigenvalue weighted by Gasteiger charge is 2.32. The molecule has 1 heterocycles. The third-order valence-corrected chi connectivity index (χ3v) is 5.68. The number of hydrogen-bond acceptors (Lipinski definition) is 4. The standard InChI is InChI=1S/C10H15NO3S2/c12-10(5-1-2-6-10)8-11-16(13,14)9-4-3-7-15-9/h3-4,7,11-12H,1-2,5-6,8H2. The van der Waals surface area contributed by atoms with Gasteiger partial charge in [-0.15, -0.1) is 11.3 Å². The molecule has 2 N–H and O–H groups in total. The molecule has 0 amide bonds. The minimum Gasteiger partial charge on any atom is -0.389 e. The van der Waals surface area contributed by atoms with Crippen molar-refractivity contribution < 1.29 is 13.5 Å². The first-order valence-corrected chi connectivity index (χ1v) is 7.64. The topological polar surface area (TPSA) is 66.4 Å². The predicted octanol–water partition coefficient (Wildman–Crippen LogP) is 1.33. The minimum atomic E-state index is -3.43. The summed E-state index contributed by atoms with van der Waals surface area (Å²) >= 11 is 1.18. The summed E-state index contributed by atoms with van der Waals surface area (Å²) in [6.45, 7) is 0.118. The van der Waals surface area contributed by atoms with Gasteiger partial charge < -0.3 is 5.11 Å². The second-order valence-corrected chi connectivity index (χ2v) is 7.13. The summed E-state index contributed by atoms with van der Waals surface area (Å²) in [5.41, 5.74) is -0.843. The number of nitrogens with one attached hydrogen (secondary N) is 1. The molecule has 90 valence electrons. The second-order valence-electron chi connectivity index (χ2n) is 4.19. The van der Waals surface area contributed by atoms with Crippen LogP contribution in [-0.4, -0.2) is 25.7 Å². The van der Waals surface area contributed by atoms with E-state index in [2.05, 4.69) is 4.72 Å². The summed E-state index contributed by atoms with van der Waals surface area (Å²) in [6.07, 6.45) is 3.30. The van der Waals surface area contributed by atoms with Gasteiger partial charge in [-0.05, 0) is 24.3 Å². The first-order chi connectivity index (χ1) is 7.52. The highest BCUT2D eigenvalue weighted by Crippen LogP contribution is 2.29. The van der Waals surface area contributed by atoms with Crippen LogP contribution in [0.5, 0.6) is 0 Å². The molecule has 1 saturated carbocycles. The van der Waals surface area contributed by atoms with Crippen LogP contribution < -0.4 is 4.72 Å². The maximum absolute atomic E-state index is 11.8. The highest BCUT2D eigenvalue weighted by molar-refractivity contribution is 7.91. The number of rotatable bonds is 4. The maximum Gasteiger partial charge on any atom is 0.250 e. The van der Waals surface area contributed by atoms with Crippen molar-refractivity contribution in [2.75, 3.05) is 6.54 Å². The molecule has 0 spiro atoms. The maximum atomic E-state index is 11.8. The van der Waals surface area contributed by atoms with Crippen LogP contribution in [0.2, 0.25) is 0 Å². The fraction of sp³-hybridized carbons (Fsp3) is 0.600. The molecular weight excluding hydrogens is 246 g/mol. The molecule has 1 aromatic rings. The molecule has 0 unspecified atom stereocenters. The lowest BCUT2D eigenvalue weighted by Gasteiger charge is -2.21. The lowest BCUT2D eigenvalue weighted by molar-refractivity contribution is 0.0532. The van der Waals surface area contributed by atoms with Crippen LogP contribution in [0.3, 0.4) is 0 Å². The molecule has 0 saturated heterocycles. The van der Waals surface area contributed by atoms with Crippen LogP contribution in [0, 0.1) is 0 Å². The molecule has 0 aliphatic heterocycles. The monoisotopic (exact) mass is 261 g/mol. The van der Waals surface area contributed by atoms with Crippen LogP contribution in [0.25, 0.3) is 0 Å². The van der Waals surface area contributed by atoms with Gasteiger partial charge in [0.2, 0.25) is 10.0 Å². The smallest absolute Gasteiger partial charge is 0.250 e. The van der Waals surface area contributed by atoms with Gasteiger partial charge in [0.05, 0.1) is 5.60 Å². The van der Waals surface area contributed by atoms with E-state index in [1.807, 2.05) is 0 Å². The Morgan fingerprint density at radius 2 is 2.12 bits per heavy atom. The average molecular weight is 261 g/mol. The van der Waals surface area contributed by atoms with Crippen LogP contribution in [0.15, 0.2) is 21.7 Å². The molecule has 6 heteroatoms. The van der Waals surface area contributed by atoms with Crippen LogP contribution in [0.1, 0.15) is 25.7 Å². The number of aliphatic hydroxyl groups is 1. The summed E-state index contributed by atoms with van der Waals surface area (Å²) in [5.74, 6) is 0. The van der Waals surface area contributed by atoms with E-state index < -0.39 is 15.6 Å². The van der Waals surface area contributed by atoms with Gasteiger partial charge in [0, 0.05) is 6.54 Å². The molecule has 16 heavy (non-hydrogen) atoms. The lowest BCUT2D eigenvalue weighted by Crippen LogP contribution is -2.40. The van der Waals surface area contributed by atoms with Crippen molar-refractivity contribution in [2.45, 2.75) is 35.5 Å². The van der Waals surface area contributed by atoms with Crippen molar-refractivity contribution in [2.24, 2.45) is 0 Å². The normalized spacial score (nSPS) is 20.1. The Bertz CT molecular complexity index is 433. The van der Waals surface area contributed by atoms with Gasteiger partial charge in [-0.3, -0.25) is 0 Å². The van der Waals surface area contributed by atoms with E-state index >= 15 is 0 Å². The van der Waals surface area contributed by atoms with E-state index in [9.17, 15) is 13.5 Å². The molecule has 0 atom stereocenters. The van der Waals surface area contributed by atoms with Crippen molar-refractivity contribution in [1.29, 1.82) is 0 Å². The third-order valence-electron chi connectivity index (χ3n) is 2.89. The summed E-state index contributed by atoms with van der Waals surface area (Å²) in [6, 6.07) is 3.26. The van der Waals surface area contributed by atoms with Gasteiger partial charge in [0.15, 0.2) is 0 Å². The zero-order chi connectivity index (χ0) is 11.6. The van der Waals surface area contributed by atoms with E-state index in [-0.39, 0.29) is 6.54 Å². The zero-order valence-corrected chi connectivity index (χ0v) is 10.5. The summed E-state index contributed by atoms with van der Waals surface area (Å²) in [7, 11) is -3.43. The first kappa shape index (κ1) is 12.0. The molecule has 1 fully saturated rings. The van der Waals surface area contributed by atoms with Crippen molar-refractivity contribution in [3.8, 4) is 0 Å². The Morgan fingerprint density at radius 1 is 1.44 bits per heavy atom. The third kappa shape index (κ3) is 2.63. The highest BCUT2D eigenvalue weighted by atomic mass is 32.2. The van der Waals surface area contributed by atoms with Gasteiger partial charge in [0.25, 0.3) is 0 Å². The average Bonchev–Trinajstić information content (AvgIpc) is 2.86. The van der Waals surface area contributed by atoms with E-state index in [4.69, 9.17) is 0 Å². The van der Waals surface area contributed by atoms with Gasteiger partial charge in [-0.25, -0.2) is 13.1 Å². The molecule has 1 aliphatic rings. The summed E-state index contributed by atoms with van der Waals surface area (Å²) in [5, 5.41) is 11.7. The van der Waals surface area contributed by atoms with Gasteiger partial charge >= 0.3 is 0 Å². The number of hydrogen-bond donors (Lipinski definition) is 2. The van der Waals surface area contributed by atoms with Gasteiger partial charge in [-0.1, -0.05) is 18.9 Å². The first-order valence-electron chi connectivity index (χ1n) is 5.27. The molecule has 1 aliphatic carbocycles. The van der Waals surface area contributed by atoms with Gasteiger partial charge in [-0.2, -0.15) is 0 Å². The van der Waals surface area contributed by atoms with Crippen molar-refractivity contribution in [1.82, 2.24) is 4.72 Å². The molecular formula is C10H15NO3S2. The van der Waals surface area contributed by atoms with Crippen molar-refractivity contribution in [3.63, 3.8) is 0 Å². The molecule has 1 aromatic heterocycles. The van der Waals surface area contributed by atoms with Gasteiger partial charge in [0.1, 0.15) is 4.21 Å². The SMILES string of the molecule is O=S(=O)(NCC1(O)CCCC1)c1cccs1. The van der Waals surface area contributed by atoms with E-state index in [1.165, 1.54) is 11.3 Å². The Morgan fingerprint density at radius 3 is 2.69 bits per heavy atom. The Hall–Kier alpha value is -0.430. The second kappa shape index (κ2) is 4.44. The fourth-order valence-electron chi connectivity index (χ4n) is 1.93.